The van der Waals surface area contributed by atoms with Crippen molar-refractivity contribution >= 4 is 34.1 Å². The van der Waals surface area contributed by atoms with Crippen LogP contribution in [0.1, 0.15) is 44.5 Å². The van der Waals surface area contributed by atoms with Gasteiger partial charge in [0, 0.05) is 62.9 Å². The maximum atomic E-state index is 14.0. The normalized spacial score (nSPS) is 23.2. The summed E-state index contributed by atoms with van der Waals surface area (Å²) in [5.41, 5.74) is 1.69. The number of nitrogens with one attached hydrogen (secondary N) is 1. The molecule has 1 aromatic heterocycles. The zero-order valence-corrected chi connectivity index (χ0v) is 27.2. The third-order valence-electron chi connectivity index (χ3n) is 9.21. The molecule has 4 atom stereocenters. The van der Waals surface area contributed by atoms with Gasteiger partial charge in [0.15, 0.2) is 10.9 Å². The van der Waals surface area contributed by atoms with Crippen LogP contribution in [0.3, 0.4) is 0 Å². The Labute approximate surface area is 263 Å². The highest BCUT2D eigenvalue weighted by molar-refractivity contribution is 7.14. The highest BCUT2D eigenvalue weighted by Crippen LogP contribution is 2.34. The number of Topliss-reactive ketones (excluding diaryl/α,β-unsaturated/α-hetero) is 1. The van der Waals surface area contributed by atoms with Gasteiger partial charge >= 0.3 is 0 Å². The summed E-state index contributed by atoms with van der Waals surface area (Å²) >= 11 is 1.63. The molecule has 5 rings (SSSR count). The van der Waals surface area contributed by atoms with E-state index in [1.54, 1.807) is 35.5 Å². The van der Waals surface area contributed by atoms with Gasteiger partial charge in [0.1, 0.15) is 30.9 Å². The number of hydrogen-bond acceptors (Lipinski definition) is 10. The summed E-state index contributed by atoms with van der Waals surface area (Å²) in [7, 11) is 1.73. The van der Waals surface area contributed by atoms with Crippen molar-refractivity contribution in [1.82, 2.24) is 20.1 Å². The summed E-state index contributed by atoms with van der Waals surface area (Å²) in [6, 6.07) is 5.81. The van der Waals surface area contributed by atoms with Crippen molar-refractivity contribution in [3.63, 3.8) is 0 Å². The Morgan fingerprint density at radius 2 is 1.89 bits per heavy atom. The second kappa shape index (κ2) is 14.0. The number of rotatable bonds is 12. The van der Waals surface area contributed by atoms with E-state index in [0.29, 0.717) is 18.6 Å². The van der Waals surface area contributed by atoms with Crippen molar-refractivity contribution in [1.29, 1.82) is 0 Å². The molecule has 3 fully saturated rings. The lowest BCUT2D eigenvalue weighted by atomic mass is 9.80. The number of benzene rings is 1. The minimum Gasteiger partial charge on any atom is -0.383 e. The van der Waals surface area contributed by atoms with E-state index < -0.39 is 23.6 Å². The first-order valence-electron chi connectivity index (χ1n) is 15.6. The maximum Gasteiger partial charge on any atom is 0.251 e. The first-order chi connectivity index (χ1) is 21.2. The van der Waals surface area contributed by atoms with E-state index in [4.69, 9.17) is 19.2 Å². The highest BCUT2D eigenvalue weighted by Gasteiger charge is 2.54. The number of fused-ring (bicyclic) bond motifs is 1. The summed E-state index contributed by atoms with van der Waals surface area (Å²) in [6.45, 7) is 14.0. The number of piperazine rings is 1. The van der Waals surface area contributed by atoms with Crippen LogP contribution in [-0.4, -0.2) is 123 Å². The van der Waals surface area contributed by atoms with Gasteiger partial charge in [-0.25, -0.2) is 4.98 Å². The number of ketones is 1. The molecule has 1 aromatic carbocycles. The van der Waals surface area contributed by atoms with Crippen molar-refractivity contribution < 1.29 is 28.6 Å². The molecule has 240 valence electrons. The molecule has 44 heavy (non-hydrogen) atoms. The number of thiazole rings is 1. The van der Waals surface area contributed by atoms with Crippen LogP contribution >= 0.6 is 11.3 Å². The average molecular weight is 628 g/mol. The zero-order valence-electron chi connectivity index (χ0n) is 26.4. The van der Waals surface area contributed by atoms with Crippen molar-refractivity contribution in [3.8, 4) is 11.3 Å². The molecule has 2 aromatic rings. The van der Waals surface area contributed by atoms with Gasteiger partial charge in [0.2, 0.25) is 5.91 Å². The number of methoxy groups -OCH3 is 1. The van der Waals surface area contributed by atoms with Crippen LogP contribution in [-0.2, 0) is 23.8 Å². The summed E-state index contributed by atoms with van der Waals surface area (Å²) in [6.07, 6.45) is -0.194. The number of likely N-dealkylation sites (tertiary alicyclic amines) is 1. The summed E-state index contributed by atoms with van der Waals surface area (Å²) < 4.78 is 16.7. The van der Waals surface area contributed by atoms with E-state index in [1.165, 1.54) is 0 Å². The predicted molar refractivity (Wildman–Crippen MR) is 169 cm³/mol. The van der Waals surface area contributed by atoms with Crippen LogP contribution < -0.4 is 10.2 Å². The van der Waals surface area contributed by atoms with E-state index >= 15 is 0 Å². The van der Waals surface area contributed by atoms with Crippen molar-refractivity contribution in [2.75, 3.05) is 71.1 Å². The van der Waals surface area contributed by atoms with Gasteiger partial charge in [-0.05, 0) is 30.9 Å². The first kappa shape index (κ1) is 32.5. The number of nitrogens with zero attached hydrogens (tertiary/aromatic N) is 4. The molecule has 3 aliphatic rings. The quantitative estimate of drug-likeness (QED) is 0.380. The SMILES string of the molecule is CCO[C@H]1CN(C(=O)C(NC(=O)c2ccc(-c3csc(N4CCN(CCOC)CC4)n3)cc2)C(C)(C)CC)[C@@H]2C(=O)CO[C@H]12. The van der Waals surface area contributed by atoms with Crippen LogP contribution in [0.2, 0.25) is 0 Å². The van der Waals surface area contributed by atoms with Gasteiger partial charge in [-0.3, -0.25) is 19.3 Å². The first-order valence-corrected chi connectivity index (χ1v) is 16.4. The number of amides is 2. The Morgan fingerprint density at radius 1 is 1.16 bits per heavy atom. The Morgan fingerprint density at radius 3 is 2.55 bits per heavy atom. The highest BCUT2D eigenvalue weighted by atomic mass is 32.1. The number of ether oxygens (including phenoxy) is 3. The largest absolute Gasteiger partial charge is 0.383 e. The van der Waals surface area contributed by atoms with Crippen molar-refractivity contribution in [3.05, 3.63) is 35.2 Å². The second-order valence-electron chi connectivity index (χ2n) is 12.3. The number of carbonyl (C=O) groups excluding carboxylic acids is 3. The molecule has 1 unspecified atom stereocenters. The third kappa shape index (κ3) is 6.84. The minimum absolute atomic E-state index is 0.0325. The molecule has 0 saturated carbocycles. The summed E-state index contributed by atoms with van der Waals surface area (Å²) in [4.78, 5) is 51.4. The zero-order chi connectivity index (χ0) is 31.4. The number of aromatic nitrogens is 1. The van der Waals surface area contributed by atoms with E-state index in [0.717, 1.165) is 55.7 Å². The number of carbonyl (C=O) groups is 3. The van der Waals surface area contributed by atoms with Gasteiger partial charge in [-0.15, -0.1) is 11.3 Å². The average Bonchev–Trinajstić information content (AvgIpc) is 3.77. The topological polar surface area (TPSA) is 114 Å². The Hall–Kier alpha value is -2.90. The fourth-order valence-electron chi connectivity index (χ4n) is 6.09. The number of anilines is 1. The van der Waals surface area contributed by atoms with Crippen molar-refractivity contribution in [2.24, 2.45) is 5.41 Å². The monoisotopic (exact) mass is 627 g/mol. The standard InChI is InChI=1S/C32H45N5O6S/c1-6-32(3,4)28(30(40)37-18-25(42-7-2)27-26(37)24(38)19-43-27)34-29(39)22-10-8-21(9-11-22)23-20-44-31(33-23)36-14-12-35(13-15-36)16-17-41-5/h8-11,20,25-28H,6-7,12-19H2,1-5H3,(H,34,39)/t25-,26+,27+,28?/m0/s1. The van der Waals surface area contributed by atoms with Crippen LogP contribution in [0, 0.1) is 5.41 Å². The fraction of sp³-hybridized carbons (Fsp3) is 0.625. The molecule has 4 heterocycles. The smallest absolute Gasteiger partial charge is 0.251 e. The van der Waals surface area contributed by atoms with E-state index in [9.17, 15) is 14.4 Å². The molecule has 0 radical (unpaired) electrons. The van der Waals surface area contributed by atoms with Crippen LogP contribution in [0.4, 0.5) is 5.13 Å². The van der Waals surface area contributed by atoms with E-state index in [1.807, 2.05) is 45.2 Å². The molecule has 0 spiro atoms. The third-order valence-corrected chi connectivity index (χ3v) is 10.1. The van der Waals surface area contributed by atoms with Gasteiger partial charge in [-0.2, -0.15) is 0 Å². The summed E-state index contributed by atoms with van der Waals surface area (Å²) in [5.74, 6) is -0.754. The number of hydrogen-bond donors (Lipinski definition) is 1. The van der Waals surface area contributed by atoms with Gasteiger partial charge in [0.05, 0.1) is 18.8 Å². The molecular formula is C32H45N5O6S. The minimum atomic E-state index is -0.829. The Balaban J connectivity index is 1.25. The fourth-order valence-corrected chi connectivity index (χ4v) is 6.98. The predicted octanol–water partition coefficient (Wildman–Crippen LogP) is 2.70. The lowest BCUT2D eigenvalue weighted by Gasteiger charge is -2.36. The molecule has 12 heteroatoms. The maximum absolute atomic E-state index is 14.0. The molecule has 1 N–H and O–H groups in total. The van der Waals surface area contributed by atoms with Gasteiger partial charge in [-0.1, -0.05) is 32.9 Å². The van der Waals surface area contributed by atoms with Gasteiger partial charge in [0.25, 0.3) is 5.91 Å². The molecule has 0 aliphatic carbocycles. The second-order valence-corrected chi connectivity index (χ2v) is 13.2. The van der Waals surface area contributed by atoms with Crippen LogP contribution in [0.5, 0.6) is 0 Å². The molecular weight excluding hydrogens is 582 g/mol. The van der Waals surface area contributed by atoms with Crippen LogP contribution in [0.15, 0.2) is 29.6 Å². The van der Waals surface area contributed by atoms with E-state index in [2.05, 4.69) is 15.1 Å². The Kier molecular flexibility index (Phi) is 10.4. The van der Waals surface area contributed by atoms with Crippen LogP contribution in [0.25, 0.3) is 11.3 Å². The Bertz CT molecular complexity index is 1310. The lowest BCUT2D eigenvalue weighted by molar-refractivity contribution is -0.140. The molecule has 11 nitrogen and oxygen atoms in total. The lowest BCUT2D eigenvalue weighted by Crippen LogP contribution is -2.57. The molecule has 0 bridgehead atoms. The van der Waals surface area contributed by atoms with Gasteiger partial charge < -0.3 is 29.3 Å². The van der Waals surface area contributed by atoms with Crippen molar-refractivity contribution in [2.45, 2.75) is 58.4 Å². The molecule has 3 aliphatic heterocycles. The molecule has 3 saturated heterocycles. The summed E-state index contributed by atoms with van der Waals surface area (Å²) in [5, 5.41) is 6.06. The van der Waals surface area contributed by atoms with E-state index in [-0.39, 0.29) is 36.9 Å². The molecule has 2 amide bonds.